The molecule has 2 aromatic rings. The summed E-state index contributed by atoms with van der Waals surface area (Å²) in [6.45, 7) is 3.06. The van der Waals surface area contributed by atoms with E-state index >= 15 is 0 Å². The number of anilines is 1. The Hall–Kier alpha value is -2.07. The number of hydrogen-bond acceptors (Lipinski definition) is 3. The first-order valence-corrected chi connectivity index (χ1v) is 6.72. The number of benzene rings is 1. The maximum Gasteiger partial charge on any atom is 0.256 e. The van der Waals surface area contributed by atoms with Crippen molar-refractivity contribution in [3.63, 3.8) is 0 Å². The highest BCUT2D eigenvalue weighted by Crippen LogP contribution is 2.20. The summed E-state index contributed by atoms with van der Waals surface area (Å²) in [5, 5.41) is 0.524. The molecule has 2 rings (SSSR count). The summed E-state index contributed by atoms with van der Waals surface area (Å²) in [6.07, 6.45) is 3.43. The Labute approximate surface area is 123 Å². The van der Waals surface area contributed by atoms with Gasteiger partial charge in [0.1, 0.15) is 0 Å². The van der Waals surface area contributed by atoms with Crippen LogP contribution in [0.1, 0.15) is 22.8 Å². The summed E-state index contributed by atoms with van der Waals surface area (Å²) in [5.74, 6) is -0.0986. The molecule has 0 saturated carbocycles. The molecule has 1 amide bonds. The Morgan fingerprint density at radius 1 is 1.30 bits per heavy atom. The van der Waals surface area contributed by atoms with E-state index in [2.05, 4.69) is 4.98 Å². The van der Waals surface area contributed by atoms with Gasteiger partial charge >= 0.3 is 0 Å². The zero-order valence-corrected chi connectivity index (χ0v) is 12.0. The largest absolute Gasteiger partial charge is 0.398 e. The van der Waals surface area contributed by atoms with Gasteiger partial charge in [0.15, 0.2) is 0 Å². The lowest BCUT2D eigenvalue weighted by Crippen LogP contribution is -2.30. The first-order chi connectivity index (χ1) is 9.61. The highest BCUT2D eigenvalue weighted by Gasteiger charge is 2.17. The molecule has 0 aliphatic rings. The molecule has 104 valence electrons. The fourth-order valence-electron chi connectivity index (χ4n) is 1.93. The number of nitrogens with two attached hydrogens (primary N) is 1. The van der Waals surface area contributed by atoms with E-state index in [-0.39, 0.29) is 5.91 Å². The molecular formula is C15H16ClN3O. The predicted octanol–water partition coefficient (Wildman–Crippen LogP) is 2.98. The minimum absolute atomic E-state index is 0.0986. The molecule has 1 aromatic heterocycles. The predicted molar refractivity (Wildman–Crippen MR) is 80.5 cm³/mol. The number of aromatic nitrogens is 1. The molecule has 2 N–H and O–H groups in total. The van der Waals surface area contributed by atoms with Crippen LogP contribution in [0.3, 0.4) is 0 Å². The first kappa shape index (κ1) is 14.3. The minimum atomic E-state index is -0.0986. The van der Waals surface area contributed by atoms with E-state index in [0.29, 0.717) is 29.4 Å². The van der Waals surface area contributed by atoms with Crippen molar-refractivity contribution in [3.8, 4) is 0 Å². The third-order valence-corrected chi connectivity index (χ3v) is 3.27. The molecule has 0 bridgehead atoms. The maximum atomic E-state index is 12.5. The number of nitrogens with zero attached hydrogens (tertiary/aromatic N) is 2. The number of rotatable bonds is 4. The molecule has 0 saturated heterocycles. The maximum absolute atomic E-state index is 12.5. The van der Waals surface area contributed by atoms with Gasteiger partial charge in [-0.05, 0) is 42.8 Å². The highest BCUT2D eigenvalue weighted by molar-refractivity contribution is 6.31. The number of carbonyl (C=O) groups is 1. The third kappa shape index (κ3) is 3.27. The van der Waals surface area contributed by atoms with Gasteiger partial charge in [0.05, 0.1) is 5.56 Å². The number of hydrogen-bond donors (Lipinski definition) is 1. The van der Waals surface area contributed by atoms with Crippen molar-refractivity contribution in [1.29, 1.82) is 0 Å². The van der Waals surface area contributed by atoms with Gasteiger partial charge in [-0.2, -0.15) is 0 Å². The van der Waals surface area contributed by atoms with Crippen molar-refractivity contribution in [2.24, 2.45) is 0 Å². The molecule has 20 heavy (non-hydrogen) atoms. The van der Waals surface area contributed by atoms with Crippen molar-refractivity contribution in [1.82, 2.24) is 9.88 Å². The Morgan fingerprint density at radius 2 is 2.00 bits per heavy atom. The van der Waals surface area contributed by atoms with Crippen LogP contribution in [0.4, 0.5) is 5.69 Å². The average Bonchev–Trinajstić information content (AvgIpc) is 2.45. The summed E-state index contributed by atoms with van der Waals surface area (Å²) in [4.78, 5) is 18.2. The molecule has 0 fully saturated rings. The minimum Gasteiger partial charge on any atom is -0.398 e. The molecule has 0 aliphatic heterocycles. The number of nitrogen functional groups attached to an aromatic ring is 1. The third-order valence-electron chi connectivity index (χ3n) is 3.04. The van der Waals surface area contributed by atoms with Crippen LogP contribution in [0.2, 0.25) is 5.02 Å². The SMILES string of the molecule is CCN(Cc1ccncc1)C(=O)c1ccc(Cl)cc1N. The Balaban J connectivity index is 2.21. The van der Waals surface area contributed by atoms with Crippen LogP contribution in [-0.4, -0.2) is 22.3 Å². The number of carbonyl (C=O) groups excluding carboxylic acids is 1. The molecule has 5 heteroatoms. The van der Waals surface area contributed by atoms with Crippen molar-refractivity contribution in [3.05, 3.63) is 58.9 Å². The van der Waals surface area contributed by atoms with Gasteiger partial charge in [-0.25, -0.2) is 0 Å². The zero-order valence-electron chi connectivity index (χ0n) is 11.2. The van der Waals surface area contributed by atoms with Crippen LogP contribution in [-0.2, 0) is 6.54 Å². The van der Waals surface area contributed by atoms with Gasteiger partial charge in [-0.3, -0.25) is 9.78 Å². The Kier molecular flexibility index (Phi) is 4.58. The quantitative estimate of drug-likeness (QED) is 0.880. The molecule has 0 aliphatic carbocycles. The average molecular weight is 290 g/mol. The van der Waals surface area contributed by atoms with Gasteiger partial charge in [0.2, 0.25) is 0 Å². The van der Waals surface area contributed by atoms with Crippen LogP contribution in [0, 0.1) is 0 Å². The normalized spacial score (nSPS) is 10.3. The molecule has 1 aromatic carbocycles. The van der Waals surface area contributed by atoms with Crippen molar-refractivity contribution < 1.29 is 4.79 Å². The zero-order chi connectivity index (χ0) is 14.5. The number of amides is 1. The van der Waals surface area contributed by atoms with Crippen molar-refractivity contribution in [2.75, 3.05) is 12.3 Å². The van der Waals surface area contributed by atoms with E-state index in [1.54, 1.807) is 35.5 Å². The van der Waals surface area contributed by atoms with Gasteiger partial charge in [0, 0.05) is 36.2 Å². The monoisotopic (exact) mass is 289 g/mol. The smallest absolute Gasteiger partial charge is 0.256 e. The van der Waals surface area contributed by atoms with Crippen LogP contribution in [0.5, 0.6) is 0 Å². The fraction of sp³-hybridized carbons (Fsp3) is 0.200. The summed E-state index contributed by atoms with van der Waals surface area (Å²) >= 11 is 5.85. The van der Waals surface area contributed by atoms with Gasteiger partial charge < -0.3 is 10.6 Å². The lowest BCUT2D eigenvalue weighted by atomic mass is 10.1. The molecule has 0 spiro atoms. The molecule has 4 nitrogen and oxygen atoms in total. The Bertz CT molecular complexity index is 601. The van der Waals surface area contributed by atoms with Crippen LogP contribution in [0.15, 0.2) is 42.7 Å². The second kappa shape index (κ2) is 6.39. The highest BCUT2D eigenvalue weighted by atomic mass is 35.5. The number of pyridine rings is 1. The van der Waals surface area contributed by atoms with Crippen LogP contribution >= 0.6 is 11.6 Å². The Morgan fingerprint density at radius 3 is 2.60 bits per heavy atom. The van der Waals surface area contributed by atoms with E-state index in [0.717, 1.165) is 5.56 Å². The van der Waals surface area contributed by atoms with Crippen LogP contribution in [0.25, 0.3) is 0 Å². The fourth-order valence-corrected chi connectivity index (χ4v) is 2.12. The standard InChI is InChI=1S/C15H16ClN3O/c1-2-19(10-11-5-7-18-8-6-11)15(20)13-4-3-12(16)9-14(13)17/h3-9H,2,10,17H2,1H3. The summed E-state index contributed by atoms with van der Waals surface area (Å²) < 4.78 is 0. The van der Waals surface area contributed by atoms with Gasteiger partial charge in [-0.15, -0.1) is 0 Å². The summed E-state index contributed by atoms with van der Waals surface area (Å²) in [5.41, 5.74) is 7.77. The molecular weight excluding hydrogens is 274 g/mol. The van der Waals surface area contributed by atoms with Crippen molar-refractivity contribution >= 4 is 23.2 Å². The lowest BCUT2D eigenvalue weighted by molar-refractivity contribution is 0.0753. The molecule has 0 atom stereocenters. The summed E-state index contributed by atoms with van der Waals surface area (Å²) in [7, 11) is 0. The van der Waals surface area contributed by atoms with Gasteiger partial charge in [0.25, 0.3) is 5.91 Å². The second-order valence-corrected chi connectivity index (χ2v) is 4.84. The van der Waals surface area contributed by atoms with Crippen molar-refractivity contribution in [2.45, 2.75) is 13.5 Å². The van der Waals surface area contributed by atoms with E-state index in [1.165, 1.54) is 0 Å². The number of halogens is 1. The lowest BCUT2D eigenvalue weighted by Gasteiger charge is -2.21. The van der Waals surface area contributed by atoms with E-state index < -0.39 is 0 Å². The summed E-state index contributed by atoms with van der Waals surface area (Å²) in [6, 6.07) is 8.71. The van der Waals surface area contributed by atoms with E-state index in [9.17, 15) is 4.79 Å². The molecule has 0 unspecified atom stereocenters. The first-order valence-electron chi connectivity index (χ1n) is 6.35. The van der Waals surface area contributed by atoms with Crippen LogP contribution < -0.4 is 5.73 Å². The van der Waals surface area contributed by atoms with Gasteiger partial charge in [-0.1, -0.05) is 11.6 Å². The molecule has 0 radical (unpaired) electrons. The van der Waals surface area contributed by atoms with E-state index in [1.807, 2.05) is 19.1 Å². The second-order valence-electron chi connectivity index (χ2n) is 4.41. The topological polar surface area (TPSA) is 59.2 Å². The van der Waals surface area contributed by atoms with E-state index in [4.69, 9.17) is 17.3 Å². The molecule has 1 heterocycles.